The van der Waals surface area contributed by atoms with Crippen LogP contribution in [0.15, 0.2) is 71.3 Å². The third kappa shape index (κ3) is 5.87. The number of furan rings is 1. The molecule has 1 atom stereocenters. The highest BCUT2D eigenvalue weighted by molar-refractivity contribution is 5.97. The summed E-state index contributed by atoms with van der Waals surface area (Å²) in [5, 5.41) is 8.76. The standard InChI is InChI=1S/C28H31NO5/c30-27(31)13-2-1-7-19-34-26-11-4-3-9-23(26)28(32)29-18-6-5-10-24(29)21-14-16-22(17-15-21)25-12-8-20-33-25/h3-4,8-9,11-12,14-17,20,24H,1-2,5-7,10,13,18-19H2,(H,30,31)/i24D. The van der Waals surface area contributed by atoms with E-state index in [4.69, 9.17) is 14.3 Å². The van der Waals surface area contributed by atoms with E-state index in [1.54, 1.807) is 29.4 Å². The van der Waals surface area contributed by atoms with Crippen molar-refractivity contribution in [3.63, 3.8) is 0 Å². The minimum Gasteiger partial charge on any atom is -0.493 e. The number of carbonyl (C=O) groups is 2. The fraction of sp³-hybridized carbons (Fsp3) is 0.357. The van der Waals surface area contributed by atoms with E-state index in [0.29, 0.717) is 43.7 Å². The number of likely N-dealkylation sites (tertiary alicyclic amines) is 1. The monoisotopic (exact) mass is 462 g/mol. The molecule has 0 bridgehead atoms. The van der Waals surface area contributed by atoms with Crippen molar-refractivity contribution in [2.24, 2.45) is 0 Å². The number of nitrogens with zero attached hydrogens (tertiary/aromatic N) is 1. The van der Waals surface area contributed by atoms with Crippen molar-refractivity contribution in [2.75, 3.05) is 13.2 Å². The summed E-state index contributed by atoms with van der Waals surface area (Å²) >= 11 is 0. The van der Waals surface area contributed by atoms with Gasteiger partial charge in [0.15, 0.2) is 0 Å². The summed E-state index contributed by atoms with van der Waals surface area (Å²) in [6.45, 7) is 0.913. The summed E-state index contributed by atoms with van der Waals surface area (Å²) in [5.74, 6) is 0.257. The van der Waals surface area contributed by atoms with Gasteiger partial charge in [-0.3, -0.25) is 9.59 Å². The van der Waals surface area contributed by atoms with Crippen LogP contribution in [0.25, 0.3) is 11.3 Å². The molecule has 0 saturated carbocycles. The molecular weight excluding hydrogens is 430 g/mol. The molecule has 1 aliphatic heterocycles. The van der Waals surface area contributed by atoms with Crippen LogP contribution >= 0.6 is 0 Å². The van der Waals surface area contributed by atoms with E-state index in [2.05, 4.69) is 0 Å². The summed E-state index contributed by atoms with van der Waals surface area (Å²) in [4.78, 5) is 26.0. The number of carboxylic acid groups (broad SMARTS) is 1. The van der Waals surface area contributed by atoms with Crippen LogP contribution in [-0.4, -0.2) is 35.0 Å². The third-order valence-electron chi connectivity index (χ3n) is 6.05. The molecule has 0 radical (unpaired) electrons. The molecule has 178 valence electrons. The maximum Gasteiger partial charge on any atom is 0.303 e. The van der Waals surface area contributed by atoms with E-state index >= 15 is 0 Å². The predicted octanol–water partition coefficient (Wildman–Crippen LogP) is 6.34. The largest absolute Gasteiger partial charge is 0.493 e. The molecule has 1 saturated heterocycles. The molecule has 3 aromatic rings. The Bertz CT molecular complexity index is 1130. The van der Waals surface area contributed by atoms with Gasteiger partial charge in [0.05, 0.1) is 25.8 Å². The molecule has 1 aromatic heterocycles. The van der Waals surface area contributed by atoms with Crippen LogP contribution < -0.4 is 4.74 Å². The van der Waals surface area contributed by atoms with Crippen molar-refractivity contribution in [1.29, 1.82) is 0 Å². The average Bonchev–Trinajstić information content (AvgIpc) is 3.41. The van der Waals surface area contributed by atoms with Crippen molar-refractivity contribution < 1.29 is 25.2 Å². The fourth-order valence-electron chi connectivity index (χ4n) is 4.28. The average molecular weight is 463 g/mol. The summed E-state index contributed by atoms with van der Waals surface area (Å²) in [7, 11) is 0. The number of ether oxygens (including phenoxy) is 1. The number of piperidine rings is 1. The first-order chi connectivity index (χ1) is 17.0. The van der Waals surface area contributed by atoms with Crippen molar-refractivity contribution in [1.82, 2.24) is 4.90 Å². The van der Waals surface area contributed by atoms with Gasteiger partial charge < -0.3 is 19.2 Å². The van der Waals surface area contributed by atoms with Crippen LogP contribution in [0.4, 0.5) is 0 Å². The van der Waals surface area contributed by atoms with Gasteiger partial charge in [0, 0.05) is 18.5 Å². The van der Waals surface area contributed by atoms with Gasteiger partial charge in [-0.25, -0.2) is 0 Å². The lowest BCUT2D eigenvalue weighted by Crippen LogP contribution is -2.38. The molecule has 1 fully saturated rings. The van der Waals surface area contributed by atoms with Crippen molar-refractivity contribution >= 4 is 11.9 Å². The molecule has 6 heteroatoms. The molecule has 0 spiro atoms. The molecule has 34 heavy (non-hydrogen) atoms. The van der Waals surface area contributed by atoms with E-state index in [-0.39, 0.29) is 12.3 Å². The first kappa shape index (κ1) is 22.3. The molecule has 1 N–H and O–H groups in total. The first-order valence-corrected chi connectivity index (χ1v) is 11.9. The minimum absolute atomic E-state index is 0.151. The van der Waals surface area contributed by atoms with Crippen LogP contribution in [0.2, 0.25) is 0 Å². The highest BCUT2D eigenvalue weighted by atomic mass is 16.5. The maximum atomic E-state index is 13.7. The van der Waals surface area contributed by atoms with Crippen molar-refractivity contribution in [2.45, 2.75) is 51.0 Å². The Kier molecular flexibility index (Phi) is 7.56. The molecule has 2 aromatic carbocycles. The van der Waals surface area contributed by atoms with Gasteiger partial charge in [-0.05, 0) is 68.4 Å². The second-order valence-electron chi connectivity index (χ2n) is 8.46. The van der Waals surface area contributed by atoms with Gasteiger partial charge in [-0.1, -0.05) is 36.4 Å². The Morgan fingerprint density at radius 3 is 2.62 bits per heavy atom. The highest BCUT2D eigenvalue weighted by Gasteiger charge is 2.30. The lowest BCUT2D eigenvalue weighted by atomic mass is 9.93. The number of rotatable bonds is 10. The SMILES string of the molecule is [2H]C1(c2ccc(-c3ccco3)cc2)CCCCN1C(=O)c1ccccc1OCCCCCC(=O)O. The number of amides is 1. The highest BCUT2D eigenvalue weighted by Crippen LogP contribution is 2.34. The summed E-state index contributed by atoms with van der Waals surface area (Å²) in [5.41, 5.74) is 2.15. The Hall–Kier alpha value is -3.54. The zero-order chi connectivity index (χ0) is 24.7. The normalized spacial score (nSPS) is 18.4. The molecule has 2 heterocycles. The molecule has 4 rings (SSSR count). The fourth-order valence-corrected chi connectivity index (χ4v) is 4.28. The number of para-hydroxylation sites is 1. The van der Waals surface area contributed by atoms with E-state index < -0.39 is 12.0 Å². The Morgan fingerprint density at radius 2 is 1.85 bits per heavy atom. The zero-order valence-electron chi connectivity index (χ0n) is 20.2. The predicted molar refractivity (Wildman–Crippen MR) is 130 cm³/mol. The van der Waals surface area contributed by atoms with Gasteiger partial charge in [0.1, 0.15) is 11.5 Å². The third-order valence-corrected chi connectivity index (χ3v) is 6.05. The van der Waals surface area contributed by atoms with Gasteiger partial charge in [-0.2, -0.15) is 0 Å². The number of aliphatic carboxylic acids is 1. The van der Waals surface area contributed by atoms with E-state index in [9.17, 15) is 11.0 Å². The topological polar surface area (TPSA) is 80.0 Å². The molecule has 1 unspecified atom stereocenters. The number of unbranched alkanes of at least 4 members (excludes halogenated alkanes) is 2. The Balaban J connectivity index is 1.49. The molecule has 0 aliphatic carbocycles. The summed E-state index contributed by atoms with van der Waals surface area (Å²) in [6, 6.07) is 17.4. The Labute approximate surface area is 201 Å². The summed E-state index contributed by atoms with van der Waals surface area (Å²) < 4.78 is 20.7. The van der Waals surface area contributed by atoms with Gasteiger partial charge >= 0.3 is 5.97 Å². The molecule has 1 amide bonds. The first-order valence-electron chi connectivity index (χ1n) is 12.4. The molecule has 6 nitrogen and oxygen atoms in total. The second-order valence-corrected chi connectivity index (χ2v) is 8.46. The lowest BCUT2D eigenvalue weighted by Gasteiger charge is -2.36. The van der Waals surface area contributed by atoms with Crippen LogP contribution in [0.3, 0.4) is 0 Å². The van der Waals surface area contributed by atoms with Crippen molar-refractivity contribution in [3.8, 4) is 17.1 Å². The van der Waals surface area contributed by atoms with Crippen LogP contribution in [0.5, 0.6) is 5.75 Å². The number of hydrogen-bond donors (Lipinski definition) is 1. The molecular formula is C28H31NO5. The van der Waals surface area contributed by atoms with Crippen LogP contribution in [0.1, 0.15) is 68.3 Å². The summed E-state index contributed by atoms with van der Waals surface area (Å²) in [6.07, 6.45) is 6.14. The smallest absolute Gasteiger partial charge is 0.303 e. The van der Waals surface area contributed by atoms with Crippen LogP contribution in [0, 0.1) is 0 Å². The van der Waals surface area contributed by atoms with Crippen molar-refractivity contribution in [3.05, 3.63) is 78.1 Å². The van der Waals surface area contributed by atoms with E-state index in [0.717, 1.165) is 36.1 Å². The number of benzene rings is 2. The second kappa shape index (κ2) is 11.5. The number of hydrogen-bond acceptors (Lipinski definition) is 4. The van der Waals surface area contributed by atoms with E-state index in [1.807, 2.05) is 42.5 Å². The molecule has 1 aliphatic rings. The van der Waals surface area contributed by atoms with Gasteiger partial charge in [0.25, 0.3) is 5.91 Å². The van der Waals surface area contributed by atoms with Gasteiger partial charge in [-0.15, -0.1) is 0 Å². The quantitative estimate of drug-likeness (QED) is 0.356. The number of carboxylic acids is 1. The Morgan fingerprint density at radius 1 is 1.03 bits per heavy atom. The minimum atomic E-state index is -1.17. The lowest BCUT2D eigenvalue weighted by molar-refractivity contribution is -0.137. The number of carbonyl (C=O) groups excluding carboxylic acids is 1. The maximum absolute atomic E-state index is 13.7. The van der Waals surface area contributed by atoms with E-state index in [1.165, 1.54) is 0 Å². The van der Waals surface area contributed by atoms with Gasteiger partial charge in [0.2, 0.25) is 0 Å². The van der Waals surface area contributed by atoms with Crippen LogP contribution in [-0.2, 0) is 4.79 Å². The zero-order valence-corrected chi connectivity index (χ0v) is 19.2.